The van der Waals surface area contributed by atoms with Gasteiger partial charge in [0.25, 0.3) is 0 Å². The average molecular weight is 235 g/mol. The van der Waals surface area contributed by atoms with Crippen LogP contribution in [-0.4, -0.2) is 16.7 Å². The lowest BCUT2D eigenvalue weighted by Crippen LogP contribution is -2.28. The molecule has 0 fully saturated rings. The average Bonchev–Trinajstić information content (AvgIpc) is 2.78. The van der Waals surface area contributed by atoms with Crippen molar-refractivity contribution in [2.45, 2.75) is 45.6 Å². The first-order valence-electron chi connectivity index (χ1n) is 6.48. The molecule has 0 radical (unpaired) electrons. The summed E-state index contributed by atoms with van der Waals surface area (Å²) in [6, 6.07) is 0.221. The summed E-state index contributed by atoms with van der Waals surface area (Å²) in [5.74, 6) is 2.18. The predicted octanol–water partition coefficient (Wildman–Crippen LogP) is 2.78. The Hall–Kier alpha value is -1.16. The number of hydrogen-bond acceptors (Lipinski definition) is 4. The lowest BCUT2D eigenvalue weighted by atomic mass is 9.94. The van der Waals surface area contributed by atoms with Gasteiger partial charge in [0, 0.05) is 6.92 Å². The molecule has 0 spiro atoms. The zero-order valence-electron chi connectivity index (χ0n) is 10.6. The van der Waals surface area contributed by atoms with Crippen molar-refractivity contribution >= 4 is 0 Å². The highest BCUT2D eigenvalue weighted by Crippen LogP contribution is 2.19. The molecule has 1 aliphatic carbocycles. The highest BCUT2D eigenvalue weighted by atomic mass is 16.5. The second kappa shape index (κ2) is 5.96. The number of aromatic nitrogens is 2. The third-order valence-corrected chi connectivity index (χ3v) is 3.29. The normalized spacial score (nSPS) is 21.6. The fourth-order valence-electron chi connectivity index (χ4n) is 2.23. The van der Waals surface area contributed by atoms with Crippen LogP contribution in [0.5, 0.6) is 0 Å². The van der Waals surface area contributed by atoms with Crippen LogP contribution in [0.4, 0.5) is 0 Å². The van der Waals surface area contributed by atoms with Gasteiger partial charge in [0.2, 0.25) is 5.89 Å². The van der Waals surface area contributed by atoms with Gasteiger partial charge in [0.05, 0.1) is 6.04 Å². The molecular formula is C13H21N3O. The van der Waals surface area contributed by atoms with Crippen LogP contribution < -0.4 is 5.32 Å². The summed E-state index contributed by atoms with van der Waals surface area (Å²) in [5.41, 5.74) is 0. The van der Waals surface area contributed by atoms with E-state index in [4.69, 9.17) is 4.52 Å². The van der Waals surface area contributed by atoms with Gasteiger partial charge in [-0.15, -0.1) is 0 Å². The Labute approximate surface area is 102 Å². The summed E-state index contributed by atoms with van der Waals surface area (Å²) >= 11 is 0. The molecule has 2 atom stereocenters. The summed E-state index contributed by atoms with van der Waals surface area (Å²) in [6.07, 6.45) is 9.23. The fraction of sp³-hybridized carbons (Fsp3) is 0.692. The van der Waals surface area contributed by atoms with Gasteiger partial charge < -0.3 is 9.84 Å². The van der Waals surface area contributed by atoms with Crippen LogP contribution in [0.3, 0.4) is 0 Å². The van der Waals surface area contributed by atoms with E-state index in [-0.39, 0.29) is 6.04 Å². The van der Waals surface area contributed by atoms with Crippen molar-refractivity contribution < 1.29 is 4.52 Å². The van der Waals surface area contributed by atoms with Crippen molar-refractivity contribution in [3.63, 3.8) is 0 Å². The standard InChI is InChI=1S/C13H21N3O/c1-3-12(13-15-10(2)17-16-13)14-9-11-7-5-4-6-8-11/h4-5,11-12,14H,3,6-9H2,1-2H3. The number of allylic oxidation sites excluding steroid dienone is 2. The van der Waals surface area contributed by atoms with E-state index >= 15 is 0 Å². The van der Waals surface area contributed by atoms with Crippen molar-refractivity contribution in [2.24, 2.45) is 5.92 Å². The van der Waals surface area contributed by atoms with Gasteiger partial charge in [-0.2, -0.15) is 4.98 Å². The zero-order valence-corrected chi connectivity index (χ0v) is 10.6. The minimum atomic E-state index is 0.221. The first-order chi connectivity index (χ1) is 8.29. The second-order valence-electron chi connectivity index (χ2n) is 4.69. The molecule has 0 saturated carbocycles. The Balaban J connectivity index is 1.85. The van der Waals surface area contributed by atoms with E-state index in [1.54, 1.807) is 0 Å². The van der Waals surface area contributed by atoms with E-state index in [1.807, 2.05) is 6.92 Å². The third-order valence-electron chi connectivity index (χ3n) is 3.29. The third kappa shape index (κ3) is 3.40. The number of aryl methyl sites for hydroxylation is 1. The lowest BCUT2D eigenvalue weighted by molar-refractivity contribution is 0.360. The molecule has 0 bridgehead atoms. The summed E-state index contributed by atoms with van der Waals surface area (Å²) < 4.78 is 5.03. The van der Waals surface area contributed by atoms with E-state index in [9.17, 15) is 0 Å². The maximum Gasteiger partial charge on any atom is 0.223 e. The van der Waals surface area contributed by atoms with Crippen molar-refractivity contribution in [1.82, 2.24) is 15.5 Å². The molecule has 1 aliphatic rings. The van der Waals surface area contributed by atoms with Crippen molar-refractivity contribution in [3.8, 4) is 0 Å². The summed E-state index contributed by atoms with van der Waals surface area (Å²) in [7, 11) is 0. The van der Waals surface area contributed by atoms with Gasteiger partial charge in [0.1, 0.15) is 0 Å². The highest BCUT2D eigenvalue weighted by Gasteiger charge is 2.17. The Kier molecular flexibility index (Phi) is 4.31. The van der Waals surface area contributed by atoms with E-state index in [0.717, 1.165) is 24.7 Å². The molecule has 1 heterocycles. The number of nitrogens with zero attached hydrogens (tertiary/aromatic N) is 2. The van der Waals surface area contributed by atoms with Crippen molar-refractivity contribution in [1.29, 1.82) is 0 Å². The van der Waals surface area contributed by atoms with Crippen molar-refractivity contribution in [2.75, 3.05) is 6.54 Å². The number of hydrogen-bond donors (Lipinski definition) is 1. The topological polar surface area (TPSA) is 51.0 Å². The molecule has 0 aromatic carbocycles. The number of rotatable bonds is 5. The van der Waals surface area contributed by atoms with Crippen LogP contribution in [0, 0.1) is 12.8 Å². The van der Waals surface area contributed by atoms with Crippen LogP contribution in [-0.2, 0) is 0 Å². The van der Waals surface area contributed by atoms with Gasteiger partial charge in [-0.05, 0) is 38.1 Å². The molecule has 17 heavy (non-hydrogen) atoms. The molecule has 1 aromatic rings. The van der Waals surface area contributed by atoms with Gasteiger partial charge in [-0.3, -0.25) is 0 Å². The van der Waals surface area contributed by atoms with Crippen LogP contribution >= 0.6 is 0 Å². The second-order valence-corrected chi connectivity index (χ2v) is 4.69. The van der Waals surface area contributed by atoms with Crippen molar-refractivity contribution in [3.05, 3.63) is 23.9 Å². The molecular weight excluding hydrogens is 214 g/mol. The first kappa shape index (κ1) is 12.3. The smallest absolute Gasteiger partial charge is 0.223 e. The highest BCUT2D eigenvalue weighted by molar-refractivity contribution is 4.95. The first-order valence-corrected chi connectivity index (χ1v) is 6.48. The molecule has 1 aromatic heterocycles. The molecule has 4 heteroatoms. The van der Waals surface area contributed by atoms with E-state index < -0.39 is 0 Å². The molecule has 2 rings (SSSR count). The van der Waals surface area contributed by atoms with Crippen LogP contribution in [0.2, 0.25) is 0 Å². The van der Waals surface area contributed by atoms with Gasteiger partial charge in [-0.1, -0.05) is 24.2 Å². The van der Waals surface area contributed by atoms with Gasteiger partial charge in [-0.25, -0.2) is 0 Å². The predicted molar refractivity (Wildman–Crippen MR) is 66.6 cm³/mol. The maximum absolute atomic E-state index is 5.03. The SMILES string of the molecule is CCC(NCC1CC=CCC1)c1noc(C)n1. The molecule has 94 valence electrons. The van der Waals surface area contributed by atoms with E-state index in [2.05, 4.69) is 34.5 Å². The minimum absolute atomic E-state index is 0.221. The van der Waals surface area contributed by atoms with Gasteiger partial charge in [0.15, 0.2) is 5.82 Å². The largest absolute Gasteiger partial charge is 0.340 e. The molecule has 4 nitrogen and oxygen atoms in total. The fourth-order valence-corrected chi connectivity index (χ4v) is 2.23. The minimum Gasteiger partial charge on any atom is -0.340 e. The Morgan fingerprint density at radius 3 is 3.00 bits per heavy atom. The summed E-state index contributed by atoms with van der Waals surface area (Å²) in [5, 5.41) is 7.54. The molecule has 0 aliphatic heterocycles. The zero-order chi connectivity index (χ0) is 12.1. The summed E-state index contributed by atoms with van der Waals surface area (Å²) in [6.45, 7) is 5.01. The lowest BCUT2D eigenvalue weighted by Gasteiger charge is -2.21. The van der Waals surface area contributed by atoms with Crippen LogP contribution in [0.25, 0.3) is 0 Å². The Morgan fingerprint density at radius 1 is 1.53 bits per heavy atom. The molecule has 0 amide bonds. The molecule has 2 unspecified atom stereocenters. The molecule has 0 saturated heterocycles. The Morgan fingerprint density at radius 2 is 2.41 bits per heavy atom. The van der Waals surface area contributed by atoms with E-state index in [0.29, 0.717) is 5.89 Å². The van der Waals surface area contributed by atoms with Gasteiger partial charge >= 0.3 is 0 Å². The summed E-state index contributed by atoms with van der Waals surface area (Å²) in [4.78, 5) is 4.29. The van der Waals surface area contributed by atoms with E-state index in [1.165, 1.54) is 19.3 Å². The van der Waals surface area contributed by atoms with Crippen LogP contribution in [0.15, 0.2) is 16.7 Å². The maximum atomic E-state index is 5.03. The Bertz CT molecular complexity index is 372. The molecule has 1 N–H and O–H groups in total. The monoisotopic (exact) mass is 235 g/mol. The van der Waals surface area contributed by atoms with Crippen LogP contribution in [0.1, 0.15) is 50.4 Å². The quantitative estimate of drug-likeness (QED) is 0.797. The number of nitrogens with one attached hydrogen (secondary N) is 1.